The van der Waals surface area contributed by atoms with Crippen LogP contribution in [0.3, 0.4) is 0 Å². The molecule has 0 bridgehead atoms. The highest BCUT2D eigenvalue weighted by Gasteiger charge is 2.14. The Morgan fingerprint density at radius 1 is 0.857 bits per heavy atom. The van der Waals surface area contributed by atoms with Gasteiger partial charge < -0.3 is 4.57 Å². The van der Waals surface area contributed by atoms with Crippen molar-refractivity contribution in [2.24, 2.45) is 5.10 Å². The van der Waals surface area contributed by atoms with Gasteiger partial charge in [-0.1, -0.05) is 93.6 Å². The largest absolute Gasteiger partial charge is 0.342 e. The minimum atomic E-state index is -0.221. The first kappa shape index (κ1) is 22.6. The first-order valence-electron chi connectivity index (χ1n) is 11.9. The topological polar surface area (TPSA) is 46.4 Å². The molecule has 0 aliphatic heterocycles. The smallest absolute Gasteiger partial charge is 0.271 e. The number of hydrogen-bond donors (Lipinski definition) is 1. The van der Waals surface area contributed by atoms with Crippen LogP contribution >= 0.6 is 0 Å². The summed E-state index contributed by atoms with van der Waals surface area (Å²) in [6.07, 6.45) is 3.82. The Morgan fingerprint density at radius 2 is 1.54 bits per heavy atom. The second-order valence-electron chi connectivity index (χ2n) is 9.89. The maximum atomic E-state index is 12.6. The highest BCUT2D eigenvalue weighted by molar-refractivity contribution is 6.00. The number of hydrazone groups is 1. The molecule has 0 fully saturated rings. The first-order valence-corrected chi connectivity index (χ1v) is 11.9. The van der Waals surface area contributed by atoms with E-state index in [9.17, 15) is 4.79 Å². The third-order valence-corrected chi connectivity index (χ3v) is 6.42. The zero-order valence-electron chi connectivity index (χ0n) is 20.3. The van der Waals surface area contributed by atoms with Crippen LogP contribution in [-0.4, -0.2) is 16.7 Å². The third-order valence-electron chi connectivity index (χ3n) is 6.42. The number of rotatable bonds is 5. The van der Waals surface area contributed by atoms with Gasteiger partial charge in [0.15, 0.2) is 0 Å². The molecule has 0 radical (unpaired) electrons. The molecule has 0 saturated carbocycles. The Morgan fingerprint density at radius 3 is 2.31 bits per heavy atom. The fourth-order valence-corrected chi connectivity index (χ4v) is 4.47. The summed E-state index contributed by atoms with van der Waals surface area (Å²) < 4.78 is 2.24. The fourth-order valence-electron chi connectivity index (χ4n) is 4.47. The lowest BCUT2D eigenvalue weighted by molar-refractivity contribution is 0.0955. The molecule has 1 amide bonds. The number of nitrogens with zero attached hydrogens (tertiary/aromatic N) is 2. The molecular formula is C31H29N3O. The van der Waals surface area contributed by atoms with Gasteiger partial charge in [-0.3, -0.25) is 4.79 Å². The number of aromatic nitrogens is 1. The molecule has 0 aliphatic carbocycles. The molecule has 0 atom stereocenters. The van der Waals surface area contributed by atoms with Crippen LogP contribution in [0.2, 0.25) is 0 Å². The molecule has 0 spiro atoms. The lowest BCUT2D eigenvalue weighted by Crippen LogP contribution is -2.18. The second-order valence-corrected chi connectivity index (χ2v) is 9.89. The van der Waals surface area contributed by atoms with Crippen molar-refractivity contribution in [2.75, 3.05) is 0 Å². The van der Waals surface area contributed by atoms with Crippen LogP contribution < -0.4 is 5.43 Å². The van der Waals surface area contributed by atoms with Gasteiger partial charge in [-0.05, 0) is 45.5 Å². The fraction of sp³-hybridized carbons (Fsp3) is 0.161. The van der Waals surface area contributed by atoms with Crippen LogP contribution in [0.1, 0.15) is 47.8 Å². The molecule has 1 aromatic heterocycles. The molecule has 5 rings (SSSR count). The number of hydrogen-bond acceptors (Lipinski definition) is 2. The van der Waals surface area contributed by atoms with Crippen molar-refractivity contribution < 1.29 is 4.79 Å². The summed E-state index contributed by atoms with van der Waals surface area (Å²) in [7, 11) is 0. The summed E-state index contributed by atoms with van der Waals surface area (Å²) in [5.41, 5.74) is 7.86. The SMILES string of the molecule is CC(C)(C)c1ccc(C(=O)N/N=C\c2cn(Cc3cccc4ccccc34)c3ccccc23)cc1. The van der Waals surface area contributed by atoms with Crippen molar-refractivity contribution in [2.45, 2.75) is 32.7 Å². The minimum absolute atomic E-state index is 0.0490. The molecule has 0 unspecified atom stereocenters. The quantitative estimate of drug-likeness (QED) is 0.225. The zero-order chi connectivity index (χ0) is 24.4. The Labute approximate surface area is 205 Å². The van der Waals surface area contributed by atoms with Crippen LogP contribution in [0.15, 0.2) is 102 Å². The number of amides is 1. The standard InChI is InChI=1S/C31H29N3O/c1-31(2,3)26-17-15-23(16-18-26)30(35)33-32-19-25-21-34(29-14-7-6-13-28(25)29)20-24-11-8-10-22-9-4-5-12-27(22)24/h4-19,21H,20H2,1-3H3,(H,33,35)/b32-19-. The lowest BCUT2D eigenvalue weighted by atomic mass is 9.87. The molecule has 4 aromatic carbocycles. The van der Waals surface area contributed by atoms with Gasteiger partial charge in [0.2, 0.25) is 0 Å². The van der Waals surface area contributed by atoms with Crippen LogP contribution in [0, 0.1) is 0 Å². The van der Waals surface area contributed by atoms with Gasteiger partial charge in [-0.25, -0.2) is 5.43 Å². The van der Waals surface area contributed by atoms with Gasteiger partial charge in [0.05, 0.1) is 6.21 Å². The van der Waals surface area contributed by atoms with Gasteiger partial charge in [-0.15, -0.1) is 0 Å². The summed E-state index contributed by atoms with van der Waals surface area (Å²) in [5, 5.41) is 7.86. The minimum Gasteiger partial charge on any atom is -0.342 e. The summed E-state index contributed by atoms with van der Waals surface area (Å²) >= 11 is 0. The van der Waals surface area contributed by atoms with Gasteiger partial charge >= 0.3 is 0 Å². The van der Waals surface area contributed by atoms with E-state index in [1.165, 1.54) is 21.9 Å². The van der Waals surface area contributed by atoms with Crippen LogP contribution in [0.25, 0.3) is 21.7 Å². The van der Waals surface area contributed by atoms with Crippen molar-refractivity contribution in [1.82, 2.24) is 9.99 Å². The molecular weight excluding hydrogens is 430 g/mol. The molecule has 0 aliphatic rings. The number of benzene rings is 4. The molecule has 4 heteroatoms. The molecule has 5 aromatic rings. The normalized spacial score (nSPS) is 12.0. The second kappa shape index (κ2) is 9.22. The monoisotopic (exact) mass is 459 g/mol. The molecule has 0 saturated heterocycles. The third kappa shape index (κ3) is 4.73. The molecule has 35 heavy (non-hydrogen) atoms. The summed E-state index contributed by atoms with van der Waals surface area (Å²) in [6, 6.07) is 30.9. The Hall–Kier alpha value is -4.18. The predicted molar refractivity (Wildman–Crippen MR) is 145 cm³/mol. The predicted octanol–water partition coefficient (Wildman–Crippen LogP) is 6.90. The highest BCUT2D eigenvalue weighted by atomic mass is 16.2. The number of para-hydroxylation sites is 1. The van der Waals surface area contributed by atoms with E-state index in [4.69, 9.17) is 0 Å². The van der Waals surface area contributed by atoms with Gasteiger partial charge in [0.1, 0.15) is 0 Å². The Kier molecular flexibility index (Phi) is 5.96. The van der Waals surface area contributed by atoms with E-state index in [2.05, 4.69) is 96.7 Å². The number of carbonyl (C=O) groups is 1. The van der Waals surface area contributed by atoms with E-state index >= 15 is 0 Å². The lowest BCUT2D eigenvalue weighted by Gasteiger charge is -2.18. The summed E-state index contributed by atoms with van der Waals surface area (Å²) in [5.74, 6) is -0.221. The number of fused-ring (bicyclic) bond motifs is 2. The zero-order valence-corrected chi connectivity index (χ0v) is 20.3. The van der Waals surface area contributed by atoms with Crippen molar-refractivity contribution >= 4 is 33.8 Å². The van der Waals surface area contributed by atoms with E-state index < -0.39 is 0 Å². The van der Waals surface area contributed by atoms with Crippen LogP contribution in [0.5, 0.6) is 0 Å². The van der Waals surface area contributed by atoms with Gasteiger partial charge in [0, 0.05) is 34.8 Å². The van der Waals surface area contributed by atoms with Crippen LogP contribution in [-0.2, 0) is 12.0 Å². The Balaban J connectivity index is 1.38. The van der Waals surface area contributed by atoms with Crippen molar-refractivity contribution in [3.05, 3.63) is 119 Å². The first-order chi connectivity index (χ1) is 16.9. The van der Waals surface area contributed by atoms with E-state index in [0.717, 1.165) is 23.0 Å². The molecule has 174 valence electrons. The average molecular weight is 460 g/mol. The van der Waals surface area contributed by atoms with E-state index in [1.54, 1.807) is 6.21 Å². The van der Waals surface area contributed by atoms with E-state index in [-0.39, 0.29) is 11.3 Å². The van der Waals surface area contributed by atoms with E-state index in [0.29, 0.717) is 5.56 Å². The summed E-state index contributed by atoms with van der Waals surface area (Å²) in [6.45, 7) is 7.22. The van der Waals surface area contributed by atoms with Crippen molar-refractivity contribution in [1.29, 1.82) is 0 Å². The van der Waals surface area contributed by atoms with Crippen LogP contribution in [0.4, 0.5) is 0 Å². The number of nitrogens with one attached hydrogen (secondary N) is 1. The molecule has 1 N–H and O–H groups in total. The maximum Gasteiger partial charge on any atom is 0.271 e. The maximum absolute atomic E-state index is 12.6. The van der Waals surface area contributed by atoms with Crippen molar-refractivity contribution in [3.63, 3.8) is 0 Å². The number of carbonyl (C=O) groups excluding carboxylic acids is 1. The van der Waals surface area contributed by atoms with Crippen molar-refractivity contribution in [3.8, 4) is 0 Å². The Bertz CT molecular complexity index is 1530. The van der Waals surface area contributed by atoms with Gasteiger partial charge in [0.25, 0.3) is 5.91 Å². The van der Waals surface area contributed by atoms with Gasteiger partial charge in [-0.2, -0.15) is 5.10 Å². The summed E-state index contributed by atoms with van der Waals surface area (Å²) in [4.78, 5) is 12.6. The van der Waals surface area contributed by atoms with E-state index in [1.807, 2.05) is 36.4 Å². The molecule has 4 nitrogen and oxygen atoms in total. The molecule has 1 heterocycles. The average Bonchev–Trinajstić information content (AvgIpc) is 3.21. The highest BCUT2D eigenvalue weighted by Crippen LogP contribution is 2.25.